The minimum absolute atomic E-state index is 0.134. The van der Waals surface area contributed by atoms with E-state index in [1.165, 1.54) is 23.9 Å². The average molecular weight is 471 g/mol. The highest BCUT2D eigenvalue weighted by Crippen LogP contribution is 2.31. The molecule has 1 saturated heterocycles. The van der Waals surface area contributed by atoms with Gasteiger partial charge in [-0.05, 0) is 60.3 Å². The van der Waals surface area contributed by atoms with Crippen molar-refractivity contribution in [1.82, 2.24) is 9.88 Å². The third-order valence-corrected chi connectivity index (χ3v) is 6.10. The van der Waals surface area contributed by atoms with Gasteiger partial charge in [-0.15, -0.1) is 0 Å². The highest BCUT2D eigenvalue weighted by Gasteiger charge is 2.24. The van der Waals surface area contributed by atoms with Crippen LogP contribution in [0.25, 0.3) is 17.0 Å². The summed E-state index contributed by atoms with van der Waals surface area (Å²) in [5.74, 6) is -0.751. The number of aromatic nitrogens is 1. The van der Waals surface area contributed by atoms with Gasteiger partial charge in [-0.2, -0.15) is 0 Å². The van der Waals surface area contributed by atoms with Crippen LogP contribution in [-0.4, -0.2) is 21.5 Å². The number of nitrogens with one attached hydrogen (secondary N) is 2. The smallest absolute Gasteiger partial charge is 0.264 e. The van der Waals surface area contributed by atoms with E-state index in [2.05, 4.69) is 15.6 Å². The van der Waals surface area contributed by atoms with Crippen LogP contribution in [0.4, 0.5) is 15.8 Å². The number of halogens is 1. The minimum Gasteiger partial charge on any atom is -0.337 e. The first-order valence-corrected chi connectivity index (χ1v) is 11.3. The van der Waals surface area contributed by atoms with Gasteiger partial charge in [0.1, 0.15) is 12.4 Å². The molecule has 1 aliphatic rings. The van der Waals surface area contributed by atoms with Crippen LogP contribution in [0.1, 0.15) is 5.56 Å². The second-order valence-electron chi connectivity index (χ2n) is 7.60. The fourth-order valence-electron chi connectivity index (χ4n) is 3.65. The Bertz CT molecular complexity index is 1440. The molecule has 34 heavy (non-hydrogen) atoms. The van der Waals surface area contributed by atoms with Crippen LogP contribution >= 0.6 is 11.8 Å². The van der Waals surface area contributed by atoms with Gasteiger partial charge in [0.15, 0.2) is 5.17 Å². The molecule has 1 fully saturated rings. The number of amides is 2. The summed E-state index contributed by atoms with van der Waals surface area (Å²) < 4.78 is 15.0. The van der Waals surface area contributed by atoms with E-state index >= 15 is 0 Å². The quantitative estimate of drug-likeness (QED) is 0.388. The van der Waals surface area contributed by atoms with Crippen molar-refractivity contribution < 1.29 is 14.0 Å². The van der Waals surface area contributed by atoms with Gasteiger partial charge in [0.2, 0.25) is 5.91 Å². The maximum atomic E-state index is 13.1. The van der Waals surface area contributed by atoms with E-state index < -0.39 is 0 Å². The molecule has 8 heteroatoms. The lowest BCUT2D eigenvalue weighted by atomic mass is 10.1. The van der Waals surface area contributed by atoms with E-state index in [4.69, 9.17) is 0 Å². The van der Waals surface area contributed by atoms with Crippen molar-refractivity contribution in [2.45, 2.75) is 6.54 Å². The number of benzene rings is 3. The normalized spacial score (nSPS) is 15.7. The van der Waals surface area contributed by atoms with Gasteiger partial charge in [0.25, 0.3) is 5.91 Å². The Balaban J connectivity index is 1.40. The molecule has 0 aliphatic carbocycles. The van der Waals surface area contributed by atoms with E-state index in [0.29, 0.717) is 15.8 Å². The summed E-state index contributed by atoms with van der Waals surface area (Å²) >= 11 is 1.21. The Morgan fingerprint density at radius 2 is 1.76 bits per heavy atom. The van der Waals surface area contributed by atoms with Crippen LogP contribution in [0.5, 0.6) is 0 Å². The maximum absolute atomic E-state index is 13.1. The van der Waals surface area contributed by atoms with Gasteiger partial charge in [0, 0.05) is 28.4 Å². The number of carbonyl (C=O) groups excluding carboxylic acids is 2. The molecule has 0 spiro atoms. The number of hydrogen-bond donors (Lipinski definition) is 2. The number of carbonyl (C=O) groups is 2. The highest BCUT2D eigenvalue weighted by molar-refractivity contribution is 8.18. The van der Waals surface area contributed by atoms with Gasteiger partial charge in [-0.25, -0.2) is 9.38 Å². The zero-order chi connectivity index (χ0) is 23.5. The second kappa shape index (κ2) is 9.36. The van der Waals surface area contributed by atoms with Crippen LogP contribution in [0.15, 0.2) is 95.0 Å². The van der Waals surface area contributed by atoms with Gasteiger partial charge < -0.3 is 15.2 Å². The number of thioether (sulfide) groups is 1. The molecule has 2 amide bonds. The highest BCUT2D eigenvalue weighted by atomic mass is 32.2. The van der Waals surface area contributed by atoms with Crippen LogP contribution in [-0.2, 0) is 16.1 Å². The number of rotatable bonds is 5. The Kier molecular flexibility index (Phi) is 5.97. The van der Waals surface area contributed by atoms with Crippen molar-refractivity contribution in [3.05, 3.63) is 101 Å². The van der Waals surface area contributed by atoms with Crippen molar-refractivity contribution >= 4 is 57.1 Å². The molecule has 4 aromatic rings. The molecule has 3 aromatic carbocycles. The fourth-order valence-corrected chi connectivity index (χ4v) is 4.49. The van der Waals surface area contributed by atoms with E-state index in [0.717, 1.165) is 22.2 Å². The molecular weight excluding hydrogens is 451 g/mol. The first-order valence-electron chi connectivity index (χ1n) is 10.5. The van der Waals surface area contributed by atoms with Gasteiger partial charge in [-0.3, -0.25) is 9.59 Å². The lowest BCUT2D eigenvalue weighted by Gasteiger charge is -2.07. The predicted octanol–water partition coefficient (Wildman–Crippen LogP) is 5.31. The lowest BCUT2D eigenvalue weighted by Crippen LogP contribution is -2.19. The van der Waals surface area contributed by atoms with E-state index in [-0.39, 0.29) is 24.2 Å². The fraction of sp³-hybridized carbons (Fsp3) is 0.0385. The first-order chi connectivity index (χ1) is 16.5. The molecule has 2 N–H and O–H groups in total. The second-order valence-corrected chi connectivity index (χ2v) is 8.63. The SMILES string of the molecule is O=C(Cn1cc(/C=C2/SC(=Nc3ccc(F)cc3)NC2=O)c2ccccc21)Nc1ccccc1. The van der Waals surface area contributed by atoms with Gasteiger partial charge >= 0.3 is 0 Å². The molecule has 1 aliphatic heterocycles. The van der Waals surface area contributed by atoms with Gasteiger partial charge in [0.05, 0.1) is 10.6 Å². The van der Waals surface area contributed by atoms with Crippen molar-refractivity contribution in [3.8, 4) is 0 Å². The molecule has 0 saturated carbocycles. The third-order valence-electron chi connectivity index (χ3n) is 5.19. The topological polar surface area (TPSA) is 75.5 Å². The summed E-state index contributed by atoms with van der Waals surface area (Å²) in [4.78, 5) is 30.0. The Morgan fingerprint density at radius 3 is 2.56 bits per heavy atom. The van der Waals surface area contributed by atoms with Crippen LogP contribution in [0.2, 0.25) is 0 Å². The number of amidine groups is 1. The van der Waals surface area contributed by atoms with Crippen molar-refractivity contribution in [2.24, 2.45) is 4.99 Å². The number of para-hydroxylation sites is 2. The van der Waals surface area contributed by atoms with Crippen LogP contribution < -0.4 is 10.6 Å². The predicted molar refractivity (Wildman–Crippen MR) is 134 cm³/mol. The third kappa shape index (κ3) is 4.77. The summed E-state index contributed by atoms with van der Waals surface area (Å²) in [6.07, 6.45) is 3.66. The number of fused-ring (bicyclic) bond motifs is 1. The van der Waals surface area contributed by atoms with Crippen LogP contribution in [0.3, 0.4) is 0 Å². The molecular formula is C26H19FN4O2S. The summed E-state index contributed by atoms with van der Waals surface area (Å²) in [5, 5.41) is 6.99. The number of nitrogens with zero attached hydrogens (tertiary/aromatic N) is 2. The molecule has 6 nitrogen and oxygen atoms in total. The number of aliphatic imine (C=N–C) groups is 1. The minimum atomic E-state index is -0.346. The standard InChI is InChI=1S/C26H19FN4O2S/c27-18-10-12-20(13-11-18)29-26-30-25(33)23(34-26)14-17-15-31(22-9-5-4-8-21(17)22)16-24(32)28-19-6-2-1-3-7-19/h1-15H,16H2,(H,28,32)(H,29,30,33)/b23-14+. The van der Waals surface area contributed by atoms with Crippen molar-refractivity contribution in [3.63, 3.8) is 0 Å². The zero-order valence-corrected chi connectivity index (χ0v) is 18.7. The summed E-state index contributed by atoms with van der Waals surface area (Å²) in [6, 6.07) is 22.8. The summed E-state index contributed by atoms with van der Waals surface area (Å²) in [7, 11) is 0. The molecule has 0 radical (unpaired) electrons. The molecule has 0 bridgehead atoms. The van der Waals surface area contributed by atoms with Crippen LogP contribution in [0, 0.1) is 5.82 Å². The molecule has 1 aromatic heterocycles. The van der Waals surface area contributed by atoms with Crippen molar-refractivity contribution in [1.29, 1.82) is 0 Å². The average Bonchev–Trinajstić information content (AvgIpc) is 3.36. The monoisotopic (exact) mass is 470 g/mol. The van der Waals surface area contributed by atoms with Gasteiger partial charge in [-0.1, -0.05) is 36.4 Å². The molecule has 5 rings (SSSR count). The number of hydrogen-bond acceptors (Lipinski definition) is 4. The maximum Gasteiger partial charge on any atom is 0.264 e. The van der Waals surface area contributed by atoms with E-state index in [9.17, 15) is 14.0 Å². The lowest BCUT2D eigenvalue weighted by molar-refractivity contribution is -0.117. The Hall–Kier alpha value is -4.17. The Labute approximate surface area is 199 Å². The molecule has 168 valence electrons. The summed E-state index contributed by atoms with van der Waals surface area (Å²) in [6.45, 7) is 0.134. The summed E-state index contributed by atoms with van der Waals surface area (Å²) in [5.41, 5.74) is 3.00. The molecule has 2 heterocycles. The molecule has 0 unspecified atom stereocenters. The zero-order valence-electron chi connectivity index (χ0n) is 17.9. The largest absolute Gasteiger partial charge is 0.337 e. The number of anilines is 1. The van der Waals surface area contributed by atoms with E-state index in [1.807, 2.05) is 65.4 Å². The van der Waals surface area contributed by atoms with Crippen molar-refractivity contribution in [2.75, 3.05) is 5.32 Å². The molecule has 0 atom stereocenters. The van der Waals surface area contributed by atoms with E-state index in [1.54, 1.807) is 18.2 Å². The first kappa shape index (κ1) is 21.7. The Morgan fingerprint density at radius 1 is 1.03 bits per heavy atom.